The van der Waals surface area contributed by atoms with E-state index < -0.39 is 6.10 Å². The standard InChI is InChI=1S/C26H29ClN4O4S/c1-34-17-3-4-21-19(9-17)26(20(27)12-29-21)23(32)14-31-6-7-35-18(13-31)11-28-10-16-2-5-24-22(8-16)30-25(33)15-36-24/h2-5,8-9,12,18,23,28,32H,6-7,10-11,13-15H2,1H3,(H,30,33). The third-order valence-electron chi connectivity index (χ3n) is 6.43. The van der Waals surface area contributed by atoms with Crippen LogP contribution in [-0.2, 0) is 16.1 Å². The minimum absolute atomic E-state index is 0.00332. The van der Waals surface area contributed by atoms with Gasteiger partial charge >= 0.3 is 0 Å². The van der Waals surface area contributed by atoms with Crippen molar-refractivity contribution in [1.29, 1.82) is 0 Å². The molecular weight excluding hydrogens is 500 g/mol. The lowest BCUT2D eigenvalue weighted by Gasteiger charge is -2.34. The van der Waals surface area contributed by atoms with Crippen LogP contribution in [0, 0.1) is 0 Å². The second kappa shape index (κ2) is 11.3. The van der Waals surface area contributed by atoms with Gasteiger partial charge in [0.05, 0.1) is 47.9 Å². The number of methoxy groups -OCH3 is 1. The Bertz CT molecular complexity index is 1260. The Labute approximate surface area is 219 Å². The number of pyridine rings is 1. The van der Waals surface area contributed by atoms with Crippen LogP contribution in [0.25, 0.3) is 10.9 Å². The molecular formula is C26H29ClN4O4S. The largest absolute Gasteiger partial charge is 0.497 e. The van der Waals surface area contributed by atoms with Gasteiger partial charge in [-0.2, -0.15) is 0 Å². The second-order valence-corrected chi connectivity index (χ2v) is 10.4. The molecule has 2 aliphatic heterocycles. The van der Waals surface area contributed by atoms with Gasteiger partial charge < -0.3 is 25.2 Å². The van der Waals surface area contributed by atoms with Crippen LogP contribution >= 0.6 is 23.4 Å². The highest BCUT2D eigenvalue weighted by atomic mass is 35.5. The zero-order valence-electron chi connectivity index (χ0n) is 20.0. The Hall–Kier alpha value is -2.40. The number of anilines is 1. The van der Waals surface area contributed by atoms with E-state index in [0.29, 0.717) is 54.9 Å². The first kappa shape index (κ1) is 25.3. The van der Waals surface area contributed by atoms with Crippen LogP contribution in [0.2, 0.25) is 5.02 Å². The van der Waals surface area contributed by atoms with Crippen molar-refractivity contribution in [2.24, 2.45) is 0 Å². The lowest BCUT2D eigenvalue weighted by atomic mass is 10.0. The van der Waals surface area contributed by atoms with E-state index in [0.717, 1.165) is 33.6 Å². The summed E-state index contributed by atoms with van der Waals surface area (Å²) in [7, 11) is 1.61. The van der Waals surface area contributed by atoms with Crippen molar-refractivity contribution in [3.8, 4) is 5.75 Å². The monoisotopic (exact) mass is 528 g/mol. The third kappa shape index (κ3) is 5.77. The Balaban J connectivity index is 1.18. The topological polar surface area (TPSA) is 96.0 Å². The molecule has 5 rings (SSSR count). The summed E-state index contributed by atoms with van der Waals surface area (Å²) in [5, 5.41) is 18.8. The zero-order valence-corrected chi connectivity index (χ0v) is 21.6. The smallest absolute Gasteiger partial charge is 0.234 e. The SMILES string of the molecule is COc1ccc2ncc(Cl)c(C(O)CN3CCOC(CNCc4ccc5c(c4)NC(=O)CS5)C3)c2c1. The summed E-state index contributed by atoms with van der Waals surface area (Å²) < 4.78 is 11.3. The van der Waals surface area contributed by atoms with Gasteiger partial charge in [-0.25, -0.2) is 0 Å². The number of aromatic nitrogens is 1. The number of carbonyl (C=O) groups excluding carboxylic acids is 1. The highest BCUT2D eigenvalue weighted by molar-refractivity contribution is 8.00. The molecule has 2 aromatic carbocycles. The zero-order chi connectivity index (χ0) is 25.1. The van der Waals surface area contributed by atoms with Crippen molar-refractivity contribution >= 4 is 45.9 Å². The van der Waals surface area contributed by atoms with E-state index in [-0.39, 0.29) is 12.0 Å². The maximum absolute atomic E-state index is 11.7. The lowest BCUT2D eigenvalue weighted by Crippen LogP contribution is -2.47. The third-order valence-corrected chi connectivity index (χ3v) is 7.81. The number of carbonyl (C=O) groups is 1. The summed E-state index contributed by atoms with van der Waals surface area (Å²) in [5.74, 6) is 1.19. The van der Waals surface area contributed by atoms with Crippen LogP contribution in [0.1, 0.15) is 17.2 Å². The van der Waals surface area contributed by atoms with E-state index in [2.05, 4.69) is 32.7 Å². The van der Waals surface area contributed by atoms with Gasteiger partial charge in [0.25, 0.3) is 0 Å². The van der Waals surface area contributed by atoms with Crippen LogP contribution in [0.4, 0.5) is 5.69 Å². The molecule has 0 saturated carbocycles. The molecule has 3 N–H and O–H groups in total. The van der Waals surface area contributed by atoms with Gasteiger partial charge in [-0.3, -0.25) is 14.7 Å². The van der Waals surface area contributed by atoms with Gasteiger partial charge in [0.1, 0.15) is 5.75 Å². The molecule has 1 fully saturated rings. The molecule has 0 aliphatic carbocycles. The first-order valence-electron chi connectivity index (χ1n) is 11.9. The minimum Gasteiger partial charge on any atom is -0.497 e. The number of rotatable bonds is 8. The number of halogens is 1. The molecule has 36 heavy (non-hydrogen) atoms. The Morgan fingerprint density at radius 3 is 3.11 bits per heavy atom. The van der Waals surface area contributed by atoms with Gasteiger partial charge in [-0.05, 0) is 35.9 Å². The highest BCUT2D eigenvalue weighted by Crippen LogP contribution is 2.33. The van der Waals surface area contributed by atoms with Gasteiger partial charge in [0, 0.05) is 54.8 Å². The van der Waals surface area contributed by atoms with Gasteiger partial charge in [-0.1, -0.05) is 17.7 Å². The predicted molar refractivity (Wildman–Crippen MR) is 142 cm³/mol. The van der Waals surface area contributed by atoms with Crippen LogP contribution in [-0.4, -0.2) is 72.7 Å². The highest BCUT2D eigenvalue weighted by Gasteiger charge is 2.25. The molecule has 1 amide bonds. The molecule has 2 aliphatic rings. The number of β-amino-alcohol motifs (C(OH)–C–C–N with tert-alkyl or cyclic N) is 1. The average Bonchev–Trinajstić information content (AvgIpc) is 2.88. The summed E-state index contributed by atoms with van der Waals surface area (Å²) in [6.07, 6.45) is 0.820. The quantitative estimate of drug-likeness (QED) is 0.409. The Morgan fingerprint density at radius 2 is 2.25 bits per heavy atom. The van der Waals surface area contributed by atoms with Gasteiger partial charge in [-0.15, -0.1) is 11.8 Å². The van der Waals surface area contributed by atoms with Crippen molar-refractivity contribution in [1.82, 2.24) is 15.2 Å². The molecule has 0 spiro atoms. The number of amides is 1. The number of aliphatic hydroxyl groups is 1. The number of ether oxygens (including phenoxy) is 2. The van der Waals surface area contributed by atoms with Crippen LogP contribution in [0.15, 0.2) is 47.5 Å². The fraction of sp³-hybridized carbons (Fsp3) is 0.385. The number of fused-ring (bicyclic) bond motifs is 2. The molecule has 1 saturated heterocycles. The van der Waals surface area contributed by atoms with Crippen molar-refractivity contribution in [2.45, 2.75) is 23.6 Å². The predicted octanol–water partition coefficient (Wildman–Crippen LogP) is 3.47. The summed E-state index contributed by atoms with van der Waals surface area (Å²) >= 11 is 8.04. The summed E-state index contributed by atoms with van der Waals surface area (Å²) in [5.41, 5.74) is 3.41. The summed E-state index contributed by atoms with van der Waals surface area (Å²) in [6, 6.07) is 11.7. The van der Waals surface area contributed by atoms with E-state index in [1.165, 1.54) is 0 Å². The fourth-order valence-electron chi connectivity index (χ4n) is 4.66. The minimum atomic E-state index is -0.773. The summed E-state index contributed by atoms with van der Waals surface area (Å²) in [6.45, 7) is 3.83. The number of morpholine rings is 1. The fourth-order valence-corrected chi connectivity index (χ4v) is 5.72. The lowest BCUT2D eigenvalue weighted by molar-refractivity contribution is -0.113. The number of hydrogen-bond acceptors (Lipinski definition) is 8. The number of thioether (sulfide) groups is 1. The van der Waals surface area contributed by atoms with E-state index >= 15 is 0 Å². The van der Waals surface area contributed by atoms with Gasteiger partial charge in [0.15, 0.2) is 0 Å². The maximum atomic E-state index is 11.7. The normalized spacial score (nSPS) is 19.1. The molecule has 2 atom stereocenters. The number of nitrogens with one attached hydrogen (secondary N) is 2. The van der Waals surface area contributed by atoms with Crippen molar-refractivity contribution in [3.05, 3.63) is 58.7 Å². The average molecular weight is 529 g/mol. The Morgan fingerprint density at radius 1 is 1.36 bits per heavy atom. The molecule has 0 bridgehead atoms. The van der Waals surface area contributed by atoms with E-state index in [9.17, 15) is 9.90 Å². The molecule has 190 valence electrons. The van der Waals surface area contributed by atoms with Crippen LogP contribution in [0.5, 0.6) is 5.75 Å². The van der Waals surface area contributed by atoms with E-state index in [4.69, 9.17) is 21.1 Å². The molecule has 3 aromatic rings. The van der Waals surface area contributed by atoms with Gasteiger partial charge in [0.2, 0.25) is 5.91 Å². The van der Waals surface area contributed by atoms with Crippen molar-refractivity contribution in [3.63, 3.8) is 0 Å². The summed E-state index contributed by atoms with van der Waals surface area (Å²) in [4.78, 5) is 19.4. The molecule has 0 radical (unpaired) electrons. The Kier molecular flexibility index (Phi) is 7.95. The number of benzene rings is 2. The molecule has 10 heteroatoms. The van der Waals surface area contributed by atoms with Crippen LogP contribution < -0.4 is 15.4 Å². The molecule has 3 heterocycles. The number of aliphatic hydroxyl groups excluding tert-OH is 1. The van der Waals surface area contributed by atoms with E-state index in [1.807, 2.05) is 24.3 Å². The first-order chi connectivity index (χ1) is 17.5. The van der Waals surface area contributed by atoms with Crippen molar-refractivity contribution in [2.75, 3.05) is 51.0 Å². The van der Waals surface area contributed by atoms with Crippen molar-refractivity contribution < 1.29 is 19.4 Å². The molecule has 8 nitrogen and oxygen atoms in total. The van der Waals surface area contributed by atoms with Crippen LogP contribution in [0.3, 0.4) is 0 Å². The maximum Gasteiger partial charge on any atom is 0.234 e. The molecule has 2 unspecified atom stereocenters. The van der Waals surface area contributed by atoms with E-state index in [1.54, 1.807) is 25.1 Å². The number of hydrogen-bond donors (Lipinski definition) is 3. The molecule has 1 aromatic heterocycles. The second-order valence-electron chi connectivity index (χ2n) is 8.97. The first-order valence-corrected chi connectivity index (χ1v) is 13.3. The number of nitrogens with zero attached hydrogens (tertiary/aromatic N) is 2.